The van der Waals surface area contributed by atoms with Crippen molar-refractivity contribution >= 4 is 11.6 Å². The molecule has 0 bridgehead atoms. The summed E-state index contributed by atoms with van der Waals surface area (Å²) in [6.07, 6.45) is 0.454. The number of benzene rings is 1. The number of nitrogens with one attached hydrogen (secondary N) is 1. The maximum atomic E-state index is 13.6. The Morgan fingerprint density at radius 2 is 2.11 bits per heavy atom. The lowest BCUT2D eigenvalue weighted by Crippen LogP contribution is -2.42. The molecule has 0 heterocycles. The van der Waals surface area contributed by atoms with Crippen molar-refractivity contribution in [1.29, 1.82) is 0 Å². The summed E-state index contributed by atoms with van der Waals surface area (Å²) in [5.74, 6) is 5.13. The molecule has 0 spiro atoms. The highest BCUT2D eigenvalue weighted by molar-refractivity contribution is 6.30. The van der Waals surface area contributed by atoms with Crippen molar-refractivity contribution in [3.63, 3.8) is 0 Å². The zero-order valence-corrected chi connectivity index (χ0v) is 11.7. The van der Waals surface area contributed by atoms with E-state index in [0.717, 1.165) is 0 Å². The van der Waals surface area contributed by atoms with Crippen LogP contribution in [0.15, 0.2) is 18.2 Å². The summed E-state index contributed by atoms with van der Waals surface area (Å²) in [4.78, 5) is 0. The minimum Gasteiger partial charge on any atom is -0.374 e. The molecule has 0 fully saturated rings. The Labute approximate surface area is 112 Å². The Morgan fingerprint density at radius 1 is 1.44 bits per heavy atom. The lowest BCUT2D eigenvalue weighted by Gasteiger charge is -2.24. The fraction of sp³-hybridized carbons (Fsp3) is 0.538. The predicted molar refractivity (Wildman–Crippen MR) is 71.9 cm³/mol. The minimum absolute atomic E-state index is 0.139. The third-order valence-electron chi connectivity index (χ3n) is 2.43. The van der Waals surface area contributed by atoms with E-state index in [0.29, 0.717) is 23.6 Å². The van der Waals surface area contributed by atoms with Crippen LogP contribution in [0.5, 0.6) is 0 Å². The Kier molecular flexibility index (Phi) is 5.53. The lowest BCUT2D eigenvalue weighted by molar-refractivity contribution is -0.0144. The summed E-state index contributed by atoms with van der Waals surface area (Å²) >= 11 is 5.70. The minimum atomic E-state index is -0.321. The summed E-state index contributed by atoms with van der Waals surface area (Å²) < 4.78 is 19.3. The molecular formula is C13H20ClFN2O. The summed E-state index contributed by atoms with van der Waals surface area (Å²) in [6, 6.07) is 4.49. The molecule has 1 rings (SSSR count). The molecule has 0 amide bonds. The van der Waals surface area contributed by atoms with Crippen LogP contribution in [-0.4, -0.2) is 18.2 Å². The van der Waals surface area contributed by atoms with Gasteiger partial charge in [0.2, 0.25) is 0 Å². The van der Waals surface area contributed by atoms with Gasteiger partial charge >= 0.3 is 0 Å². The summed E-state index contributed by atoms with van der Waals surface area (Å²) in [6.45, 7) is 6.30. The molecule has 1 aromatic rings. The van der Waals surface area contributed by atoms with Gasteiger partial charge in [-0.25, -0.2) is 4.39 Å². The van der Waals surface area contributed by atoms with Crippen LogP contribution < -0.4 is 11.3 Å². The molecule has 0 saturated carbocycles. The average molecular weight is 275 g/mol. The number of rotatable bonds is 5. The molecule has 18 heavy (non-hydrogen) atoms. The smallest absolute Gasteiger partial charge is 0.127 e. The third-order valence-corrected chi connectivity index (χ3v) is 2.67. The van der Waals surface area contributed by atoms with Crippen LogP contribution in [0.3, 0.4) is 0 Å². The fourth-order valence-corrected chi connectivity index (χ4v) is 1.63. The van der Waals surface area contributed by atoms with Crippen LogP contribution in [0.25, 0.3) is 0 Å². The molecule has 1 unspecified atom stereocenters. The van der Waals surface area contributed by atoms with Gasteiger partial charge < -0.3 is 4.74 Å². The molecule has 0 aliphatic rings. The van der Waals surface area contributed by atoms with Crippen LogP contribution in [0.1, 0.15) is 26.3 Å². The van der Waals surface area contributed by atoms with Gasteiger partial charge in [0.1, 0.15) is 5.82 Å². The quantitative estimate of drug-likeness (QED) is 0.641. The van der Waals surface area contributed by atoms with E-state index >= 15 is 0 Å². The van der Waals surface area contributed by atoms with Crippen molar-refractivity contribution < 1.29 is 9.13 Å². The number of ether oxygens (including phenoxy) is 1. The van der Waals surface area contributed by atoms with Gasteiger partial charge in [0.05, 0.1) is 12.2 Å². The van der Waals surface area contributed by atoms with Crippen molar-refractivity contribution in [3.8, 4) is 0 Å². The first-order chi connectivity index (χ1) is 8.31. The molecular weight excluding hydrogens is 255 g/mol. The summed E-state index contributed by atoms with van der Waals surface area (Å²) in [5.41, 5.74) is 2.97. The van der Waals surface area contributed by atoms with Crippen molar-refractivity contribution in [2.75, 3.05) is 6.61 Å². The molecule has 1 atom stereocenters. The second-order valence-electron chi connectivity index (χ2n) is 5.23. The molecule has 3 nitrogen and oxygen atoms in total. The van der Waals surface area contributed by atoms with E-state index in [1.54, 1.807) is 12.1 Å². The normalized spacial score (nSPS) is 13.7. The third kappa shape index (κ3) is 5.31. The molecule has 3 N–H and O–H groups in total. The van der Waals surface area contributed by atoms with Gasteiger partial charge in [0.25, 0.3) is 0 Å². The number of hydrogen-bond donors (Lipinski definition) is 2. The molecule has 0 aliphatic heterocycles. The van der Waals surface area contributed by atoms with E-state index < -0.39 is 0 Å². The molecule has 102 valence electrons. The Balaban J connectivity index is 2.62. The largest absolute Gasteiger partial charge is 0.374 e. The highest BCUT2D eigenvalue weighted by atomic mass is 35.5. The Bertz CT molecular complexity index is 393. The first-order valence-corrected chi connectivity index (χ1v) is 6.23. The SMILES string of the molecule is CC(C)(C)OCC(Cc1ccc(Cl)cc1F)NN. The van der Waals surface area contributed by atoms with Crippen LogP contribution in [0.4, 0.5) is 4.39 Å². The average Bonchev–Trinajstić information content (AvgIpc) is 2.25. The van der Waals surface area contributed by atoms with Gasteiger partial charge in [0.15, 0.2) is 0 Å². The van der Waals surface area contributed by atoms with E-state index in [9.17, 15) is 4.39 Å². The van der Waals surface area contributed by atoms with Gasteiger partial charge in [0, 0.05) is 11.1 Å². The molecule has 0 aliphatic carbocycles. The van der Waals surface area contributed by atoms with Crippen LogP contribution in [-0.2, 0) is 11.2 Å². The van der Waals surface area contributed by atoms with Crippen molar-refractivity contribution in [2.24, 2.45) is 5.84 Å². The van der Waals surface area contributed by atoms with Crippen LogP contribution >= 0.6 is 11.6 Å². The lowest BCUT2D eigenvalue weighted by atomic mass is 10.1. The number of hydrogen-bond acceptors (Lipinski definition) is 3. The van der Waals surface area contributed by atoms with E-state index in [4.69, 9.17) is 22.2 Å². The maximum absolute atomic E-state index is 13.6. The second-order valence-corrected chi connectivity index (χ2v) is 5.66. The van der Waals surface area contributed by atoms with Gasteiger partial charge in [-0.05, 0) is 44.9 Å². The van der Waals surface area contributed by atoms with Gasteiger partial charge in [-0.2, -0.15) is 0 Å². The topological polar surface area (TPSA) is 47.3 Å². The monoisotopic (exact) mass is 274 g/mol. The summed E-state index contributed by atoms with van der Waals surface area (Å²) in [5, 5.41) is 0.388. The van der Waals surface area contributed by atoms with Gasteiger partial charge in [-0.3, -0.25) is 11.3 Å². The number of hydrazine groups is 1. The summed E-state index contributed by atoms with van der Waals surface area (Å²) in [7, 11) is 0. The first-order valence-electron chi connectivity index (χ1n) is 5.86. The van der Waals surface area contributed by atoms with E-state index in [1.165, 1.54) is 6.07 Å². The Hall–Kier alpha value is -0.680. The number of halogens is 2. The highest BCUT2D eigenvalue weighted by Gasteiger charge is 2.16. The van der Waals surface area contributed by atoms with E-state index in [-0.39, 0.29) is 17.5 Å². The molecule has 0 radical (unpaired) electrons. The predicted octanol–water partition coefficient (Wildman–Crippen LogP) is 2.67. The molecule has 5 heteroatoms. The standard InChI is InChI=1S/C13H20ClFN2O/c1-13(2,3)18-8-11(17-16)6-9-4-5-10(14)7-12(9)15/h4-5,7,11,17H,6,8,16H2,1-3H3. The van der Waals surface area contributed by atoms with Crippen molar-refractivity contribution in [1.82, 2.24) is 5.43 Å². The number of nitrogens with two attached hydrogens (primary N) is 1. The fourth-order valence-electron chi connectivity index (χ4n) is 1.47. The molecule has 1 aromatic carbocycles. The Morgan fingerprint density at radius 3 is 2.61 bits per heavy atom. The van der Waals surface area contributed by atoms with E-state index in [1.807, 2.05) is 20.8 Å². The molecule has 0 aromatic heterocycles. The van der Waals surface area contributed by atoms with Crippen LogP contribution in [0, 0.1) is 5.82 Å². The highest BCUT2D eigenvalue weighted by Crippen LogP contribution is 2.16. The maximum Gasteiger partial charge on any atom is 0.127 e. The first kappa shape index (κ1) is 15.4. The van der Waals surface area contributed by atoms with E-state index in [2.05, 4.69) is 5.43 Å². The van der Waals surface area contributed by atoms with Gasteiger partial charge in [-0.1, -0.05) is 17.7 Å². The van der Waals surface area contributed by atoms with Crippen molar-refractivity contribution in [3.05, 3.63) is 34.6 Å². The second kappa shape index (κ2) is 6.48. The van der Waals surface area contributed by atoms with Gasteiger partial charge in [-0.15, -0.1) is 0 Å². The van der Waals surface area contributed by atoms with Crippen LogP contribution in [0.2, 0.25) is 5.02 Å². The zero-order valence-electron chi connectivity index (χ0n) is 11.0. The molecule has 0 saturated heterocycles. The van der Waals surface area contributed by atoms with Crippen molar-refractivity contribution in [2.45, 2.75) is 38.8 Å². The zero-order chi connectivity index (χ0) is 13.8.